The van der Waals surface area contributed by atoms with Crippen molar-refractivity contribution < 1.29 is 17.2 Å². The van der Waals surface area contributed by atoms with E-state index in [0.717, 1.165) is 6.20 Å². The fraction of sp³-hybridized carbons (Fsp3) is 0.286. The maximum Gasteiger partial charge on any atom is 0.280 e. The van der Waals surface area contributed by atoms with Gasteiger partial charge in [0.15, 0.2) is 0 Å². The average Bonchev–Trinajstić information content (AvgIpc) is 2.06. The highest BCUT2D eigenvalue weighted by Gasteiger charge is 2.21. The zero-order chi connectivity index (χ0) is 11.8. The van der Waals surface area contributed by atoms with Gasteiger partial charge in [-0.15, -0.1) is 0 Å². The first-order valence-corrected chi connectivity index (χ1v) is 5.63. The highest BCUT2D eigenvalue weighted by Crippen LogP contribution is 2.29. The van der Waals surface area contributed by atoms with Gasteiger partial charge in [0.2, 0.25) is 10.0 Å². The van der Waals surface area contributed by atoms with Crippen LogP contribution >= 0.6 is 11.6 Å². The van der Waals surface area contributed by atoms with E-state index in [0.29, 0.717) is 0 Å². The normalized spacial score (nSPS) is 12.1. The highest BCUT2D eigenvalue weighted by atomic mass is 35.5. The lowest BCUT2D eigenvalue weighted by Crippen LogP contribution is -2.14. The predicted octanol–water partition coefficient (Wildman–Crippen LogP) is 1.63. The monoisotopic (exact) mass is 256 g/mol. The first-order chi connectivity index (χ1) is 6.75. The van der Waals surface area contributed by atoms with Crippen LogP contribution in [0.15, 0.2) is 11.1 Å². The third-order valence-electron chi connectivity index (χ3n) is 1.76. The molecule has 4 nitrogen and oxygen atoms in total. The molecule has 0 fully saturated rings. The summed E-state index contributed by atoms with van der Waals surface area (Å²) in [6, 6.07) is 0. The topological polar surface area (TPSA) is 73.0 Å². The zero-order valence-electron chi connectivity index (χ0n) is 7.54. The van der Waals surface area contributed by atoms with Crippen LogP contribution in [0.3, 0.4) is 0 Å². The van der Waals surface area contributed by atoms with Gasteiger partial charge in [-0.05, 0) is 12.5 Å². The van der Waals surface area contributed by atoms with Crippen LogP contribution in [-0.2, 0) is 10.0 Å². The van der Waals surface area contributed by atoms with Crippen LogP contribution in [-0.4, -0.2) is 13.4 Å². The number of primary sulfonamides is 1. The Labute approximate surface area is 90.1 Å². The highest BCUT2D eigenvalue weighted by molar-refractivity contribution is 7.89. The lowest BCUT2D eigenvalue weighted by Gasteiger charge is -2.08. The number of sulfonamides is 1. The standard InChI is InChI=1S/C7H7ClF2N2O2S/c1-3-5(8)4(15(11,13)14)2-12-6(3)7(9)10/h2,7H,1H3,(H2,11,13,14). The number of alkyl halides is 2. The molecule has 0 aliphatic rings. The second kappa shape index (κ2) is 3.99. The maximum atomic E-state index is 12.3. The van der Waals surface area contributed by atoms with E-state index in [4.69, 9.17) is 16.7 Å². The first-order valence-electron chi connectivity index (χ1n) is 3.71. The van der Waals surface area contributed by atoms with Crippen molar-refractivity contribution in [2.45, 2.75) is 18.2 Å². The van der Waals surface area contributed by atoms with Crippen molar-refractivity contribution in [3.8, 4) is 0 Å². The molecule has 0 radical (unpaired) electrons. The third kappa shape index (κ3) is 2.42. The van der Waals surface area contributed by atoms with Crippen molar-refractivity contribution >= 4 is 21.6 Å². The third-order valence-corrected chi connectivity index (χ3v) is 3.29. The van der Waals surface area contributed by atoms with Gasteiger partial charge >= 0.3 is 0 Å². The summed E-state index contributed by atoms with van der Waals surface area (Å²) in [6.45, 7) is 1.26. The number of hydrogen-bond donors (Lipinski definition) is 1. The largest absolute Gasteiger partial charge is 0.280 e. The Morgan fingerprint density at radius 2 is 2.07 bits per heavy atom. The van der Waals surface area contributed by atoms with E-state index in [1.54, 1.807) is 0 Å². The van der Waals surface area contributed by atoms with Crippen molar-refractivity contribution in [1.82, 2.24) is 4.98 Å². The van der Waals surface area contributed by atoms with Gasteiger partial charge in [-0.25, -0.2) is 22.3 Å². The van der Waals surface area contributed by atoms with Crippen molar-refractivity contribution in [2.24, 2.45) is 5.14 Å². The molecule has 0 saturated carbocycles. The van der Waals surface area contributed by atoms with Crippen LogP contribution in [0.2, 0.25) is 5.02 Å². The number of hydrogen-bond acceptors (Lipinski definition) is 3. The van der Waals surface area contributed by atoms with Gasteiger partial charge in [-0.3, -0.25) is 4.98 Å². The molecule has 1 heterocycles. The molecule has 0 bridgehead atoms. The molecule has 0 saturated heterocycles. The molecule has 0 unspecified atom stereocenters. The SMILES string of the molecule is Cc1c(C(F)F)ncc(S(N)(=O)=O)c1Cl. The van der Waals surface area contributed by atoms with Gasteiger partial charge in [0.1, 0.15) is 10.6 Å². The molecule has 8 heteroatoms. The first kappa shape index (κ1) is 12.3. The summed E-state index contributed by atoms with van der Waals surface area (Å²) in [5.41, 5.74) is -0.634. The molecule has 84 valence electrons. The van der Waals surface area contributed by atoms with E-state index in [2.05, 4.69) is 4.98 Å². The molecule has 1 aromatic heterocycles. The minimum atomic E-state index is -4.04. The van der Waals surface area contributed by atoms with Crippen LogP contribution in [0, 0.1) is 6.92 Å². The molecular weight excluding hydrogens is 250 g/mol. The summed E-state index contributed by atoms with van der Waals surface area (Å²) in [5.74, 6) is 0. The summed E-state index contributed by atoms with van der Waals surface area (Å²) in [4.78, 5) is 2.86. The molecule has 0 spiro atoms. The Balaban J connectivity index is 3.48. The molecule has 0 amide bonds. The van der Waals surface area contributed by atoms with Gasteiger partial charge in [0.25, 0.3) is 6.43 Å². The minimum Gasteiger partial charge on any atom is -0.253 e. The van der Waals surface area contributed by atoms with E-state index in [1.165, 1.54) is 6.92 Å². The second-order valence-corrected chi connectivity index (χ2v) is 4.70. The number of pyridine rings is 1. The Morgan fingerprint density at radius 3 is 2.47 bits per heavy atom. The van der Waals surface area contributed by atoms with Gasteiger partial charge in [-0.2, -0.15) is 0 Å². The predicted molar refractivity (Wildman–Crippen MR) is 50.3 cm³/mol. The molecule has 1 rings (SSSR count). The minimum absolute atomic E-state index is 0.0850. The van der Waals surface area contributed by atoms with Crippen molar-refractivity contribution in [3.05, 3.63) is 22.5 Å². The van der Waals surface area contributed by atoms with Crippen LogP contribution in [0.4, 0.5) is 8.78 Å². The molecule has 0 aromatic carbocycles. The Morgan fingerprint density at radius 1 is 1.53 bits per heavy atom. The van der Waals surface area contributed by atoms with E-state index < -0.39 is 27.0 Å². The summed E-state index contributed by atoms with van der Waals surface area (Å²) in [7, 11) is -4.04. The van der Waals surface area contributed by atoms with Gasteiger partial charge < -0.3 is 0 Å². The Bertz CT molecular complexity index is 490. The summed E-state index contributed by atoms with van der Waals surface area (Å²) >= 11 is 5.59. The number of aromatic nitrogens is 1. The summed E-state index contributed by atoms with van der Waals surface area (Å²) in [5, 5.41) is 4.50. The van der Waals surface area contributed by atoms with Gasteiger partial charge in [0, 0.05) is 6.20 Å². The Hall–Kier alpha value is -0.790. The molecule has 15 heavy (non-hydrogen) atoms. The average molecular weight is 257 g/mol. The van der Waals surface area contributed by atoms with Gasteiger partial charge in [-0.1, -0.05) is 11.6 Å². The quantitative estimate of drug-likeness (QED) is 0.874. The lowest BCUT2D eigenvalue weighted by atomic mass is 10.2. The Kier molecular flexibility index (Phi) is 3.27. The number of rotatable bonds is 2. The van der Waals surface area contributed by atoms with E-state index in [9.17, 15) is 17.2 Å². The van der Waals surface area contributed by atoms with E-state index >= 15 is 0 Å². The molecule has 0 aliphatic carbocycles. The smallest absolute Gasteiger partial charge is 0.253 e. The van der Waals surface area contributed by atoms with Crippen LogP contribution in [0.1, 0.15) is 17.7 Å². The summed E-state index contributed by atoms with van der Waals surface area (Å²) < 4.78 is 46.6. The van der Waals surface area contributed by atoms with Crippen molar-refractivity contribution in [3.63, 3.8) is 0 Å². The molecule has 0 atom stereocenters. The van der Waals surface area contributed by atoms with Crippen molar-refractivity contribution in [2.75, 3.05) is 0 Å². The fourth-order valence-electron chi connectivity index (χ4n) is 0.997. The van der Waals surface area contributed by atoms with Crippen molar-refractivity contribution in [1.29, 1.82) is 0 Å². The van der Waals surface area contributed by atoms with E-state index in [-0.39, 0.29) is 10.6 Å². The van der Waals surface area contributed by atoms with E-state index in [1.807, 2.05) is 0 Å². The number of halogens is 3. The lowest BCUT2D eigenvalue weighted by molar-refractivity contribution is 0.145. The van der Waals surface area contributed by atoms with Crippen LogP contribution in [0.25, 0.3) is 0 Å². The number of nitrogens with two attached hydrogens (primary N) is 1. The van der Waals surface area contributed by atoms with Crippen LogP contribution < -0.4 is 5.14 Å². The van der Waals surface area contributed by atoms with Crippen LogP contribution in [0.5, 0.6) is 0 Å². The second-order valence-electron chi connectivity index (χ2n) is 2.79. The fourth-order valence-corrected chi connectivity index (χ4v) is 2.07. The molecular formula is C7H7ClF2N2O2S. The molecule has 0 aliphatic heterocycles. The van der Waals surface area contributed by atoms with Gasteiger partial charge in [0.05, 0.1) is 5.02 Å². The molecule has 2 N–H and O–H groups in total. The zero-order valence-corrected chi connectivity index (χ0v) is 9.11. The summed E-state index contributed by atoms with van der Waals surface area (Å²) in [6.07, 6.45) is -2.08. The maximum absolute atomic E-state index is 12.3. The molecule has 1 aromatic rings. The number of nitrogens with zero attached hydrogens (tertiary/aromatic N) is 1.